The zero-order valence-electron chi connectivity index (χ0n) is 12.2. The lowest BCUT2D eigenvalue weighted by atomic mass is 10.1. The third kappa shape index (κ3) is 5.50. The lowest BCUT2D eigenvalue weighted by molar-refractivity contribution is 0.295. The molecule has 0 spiro atoms. The number of anilines is 1. The van der Waals surface area contributed by atoms with Crippen LogP contribution in [-0.4, -0.2) is 35.6 Å². The second-order valence-corrected chi connectivity index (χ2v) is 4.88. The van der Waals surface area contributed by atoms with E-state index < -0.39 is 0 Å². The first-order valence-corrected chi connectivity index (χ1v) is 7.08. The van der Waals surface area contributed by atoms with Crippen LogP contribution in [0.25, 0.3) is 0 Å². The topological polar surface area (TPSA) is 28.2 Å². The Labute approximate surface area is 112 Å². The molecule has 0 saturated heterocycles. The fourth-order valence-electron chi connectivity index (χ4n) is 2.11. The van der Waals surface area contributed by atoms with Gasteiger partial charge in [0, 0.05) is 11.7 Å². The summed E-state index contributed by atoms with van der Waals surface area (Å²) in [6.07, 6.45) is 2.42. The van der Waals surface area contributed by atoms with Gasteiger partial charge >= 0.3 is 0 Å². The van der Waals surface area contributed by atoms with Crippen LogP contribution >= 0.6 is 0 Å². The number of rotatable bonds is 8. The van der Waals surface area contributed by atoms with Crippen LogP contribution in [0, 0.1) is 6.92 Å². The summed E-state index contributed by atoms with van der Waals surface area (Å²) in [7, 11) is 0. The summed E-state index contributed by atoms with van der Waals surface area (Å²) >= 11 is 0. The van der Waals surface area contributed by atoms with E-state index in [-0.39, 0.29) is 0 Å². The molecule has 3 heteroatoms. The van der Waals surface area contributed by atoms with Crippen molar-refractivity contribution in [3.8, 4) is 0 Å². The average Bonchev–Trinajstić information content (AvgIpc) is 2.34. The number of nitrogens with one attached hydrogen (secondary N) is 1. The smallest absolute Gasteiger partial charge is 0.126 e. The summed E-state index contributed by atoms with van der Waals surface area (Å²) in [6, 6.07) is 6.59. The molecule has 1 heterocycles. The maximum Gasteiger partial charge on any atom is 0.126 e. The second kappa shape index (κ2) is 8.09. The van der Waals surface area contributed by atoms with Gasteiger partial charge in [0.05, 0.1) is 0 Å². The summed E-state index contributed by atoms with van der Waals surface area (Å²) in [5, 5.41) is 3.46. The molecule has 0 aliphatic carbocycles. The van der Waals surface area contributed by atoms with Gasteiger partial charge in [-0.3, -0.25) is 0 Å². The van der Waals surface area contributed by atoms with Gasteiger partial charge in [0.15, 0.2) is 0 Å². The molecule has 1 atom stereocenters. The van der Waals surface area contributed by atoms with Crippen LogP contribution in [0.15, 0.2) is 18.2 Å². The van der Waals surface area contributed by atoms with Gasteiger partial charge in [0.2, 0.25) is 0 Å². The van der Waals surface area contributed by atoms with Gasteiger partial charge in [-0.05, 0) is 58.5 Å². The average molecular weight is 249 g/mol. The first-order chi connectivity index (χ1) is 8.65. The van der Waals surface area contributed by atoms with Gasteiger partial charge in [-0.25, -0.2) is 4.98 Å². The van der Waals surface area contributed by atoms with E-state index >= 15 is 0 Å². The van der Waals surface area contributed by atoms with Gasteiger partial charge in [-0.15, -0.1) is 0 Å². The Morgan fingerprint density at radius 3 is 2.61 bits per heavy atom. The van der Waals surface area contributed by atoms with Crippen LogP contribution in [-0.2, 0) is 0 Å². The first-order valence-electron chi connectivity index (χ1n) is 7.08. The number of hydrogen-bond acceptors (Lipinski definition) is 3. The maximum atomic E-state index is 4.47. The van der Waals surface area contributed by atoms with Crippen LogP contribution in [0.5, 0.6) is 0 Å². The fourth-order valence-corrected chi connectivity index (χ4v) is 2.11. The Balaban J connectivity index is 2.27. The third-order valence-electron chi connectivity index (χ3n) is 3.29. The number of aryl methyl sites for hydroxylation is 1. The van der Waals surface area contributed by atoms with Crippen molar-refractivity contribution in [1.29, 1.82) is 0 Å². The second-order valence-electron chi connectivity index (χ2n) is 4.88. The van der Waals surface area contributed by atoms with E-state index in [4.69, 9.17) is 0 Å². The molecule has 1 aromatic heterocycles. The minimum absolute atomic E-state index is 0.481. The Morgan fingerprint density at radius 2 is 2.00 bits per heavy atom. The predicted molar refractivity (Wildman–Crippen MR) is 79.1 cm³/mol. The minimum Gasteiger partial charge on any atom is -0.368 e. The Morgan fingerprint density at radius 1 is 1.28 bits per heavy atom. The molecule has 1 rings (SSSR count). The molecular weight excluding hydrogens is 222 g/mol. The fraction of sp³-hybridized carbons (Fsp3) is 0.667. The van der Waals surface area contributed by atoms with E-state index in [1.165, 1.54) is 19.4 Å². The van der Waals surface area contributed by atoms with Crippen LogP contribution in [0.4, 0.5) is 5.82 Å². The maximum absolute atomic E-state index is 4.47. The van der Waals surface area contributed by atoms with Crippen LogP contribution in [0.3, 0.4) is 0 Å². The molecule has 1 N–H and O–H groups in total. The molecule has 0 aromatic carbocycles. The first kappa shape index (κ1) is 15.0. The van der Waals surface area contributed by atoms with E-state index in [1.807, 2.05) is 25.1 Å². The monoisotopic (exact) mass is 249 g/mol. The highest BCUT2D eigenvalue weighted by Crippen LogP contribution is 2.09. The van der Waals surface area contributed by atoms with Gasteiger partial charge in [0.1, 0.15) is 5.82 Å². The zero-order chi connectivity index (χ0) is 13.4. The van der Waals surface area contributed by atoms with Gasteiger partial charge in [0.25, 0.3) is 0 Å². The van der Waals surface area contributed by atoms with Crippen molar-refractivity contribution in [2.75, 3.05) is 25.0 Å². The molecule has 18 heavy (non-hydrogen) atoms. The molecule has 0 aliphatic heterocycles. The minimum atomic E-state index is 0.481. The van der Waals surface area contributed by atoms with Crippen LogP contribution in [0.2, 0.25) is 0 Å². The number of nitrogens with zero attached hydrogens (tertiary/aromatic N) is 2. The molecule has 1 unspecified atom stereocenters. The van der Waals surface area contributed by atoms with E-state index in [9.17, 15) is 0 Å². The highest BCUT2D eigenvalue weighted by Gasteiger charge is 2.04. The Bertz CT molecular complexity index is 334. The summed E-state index contributed by atoms with van der Waals surface area (Å²) in [6.45, 7) is 12.2. The molecule has 0 radical (unpaired) electrons. The van der Waals surface area contributed by atoms with Crippen LogP contribution < -0.4 is 5.32 Å². The van der Waals surface area contributed by atoms with Crippen molar-refractivity contribution in [3.05, 3.63) is 23.9 Å². The van der Waals surface area contributed by atoms with Gasteiger partial charge < -0.3 is 10.2 Å². The van der Waals surface area contributed by atoms with Crippen molar-refractivity contribution in [3.63, 3.8) is 0 Å². The summed E-state index contributed by atoms with van der Waals surface area (Å²) in [4.78, 5) is 6.94. The van der Waals surface area contributed by atoms with Gasteiger partial charge in [-0.1, -0.05) is 19.9 Å². The Hall–Kier alpha value is -1.09. The number of pyridine rings is 1. The highest BCUT2D eigenvalue weighted by atomic mass is 15.1. The predicted octanol–water partition coefficient (Wildman–Crippen LogP) is 3.31. The molecule has 0 amide bonds. The molecule has 0 saturated carbocycles. The van der Waals surface area contributed by atoms with Crippen molar-refractivity contribution >= 4 is 5.82 Å². The molecule has 0 fully saturated rings. The van der Waals surface area contributed by atoms with Crippen molar-refractivity contribution in [1.82, 2.24) is 9.88 Å². The summed E-state index contributed by atoms with van der Waals surface area (Å²) in [5.41, 5.74) is 1.07. The largest absolute Gasteiger partial charge is 0.368 e. The van der Waals surface area contributed by atoms with E-state index in [0.717, 1.165) is 24.6 Å². The molecule has 0 aliphatic rings. The molecule has 3 nitrogen and oxygen atoms in total. The van der Waals surface area contributed by atoms with E-state index in [2.05, 4.69) is 36.0 Å². The number of hydrogen-bond donors (Lipinski definition) is 1. The van der Waals surface area contributed by atoms with E-state index in [1.54, 1.807) is 0 Å². The molecule has 0 bridgehead atoms. The van der Waals surface area contributed by atoms with Gasteiger partial charge in [-0.2, -0.15) is 0 Å². The van der Waals surface area contributed by atoms with Crippen molar-refractivity contribution in [2.45, 2.75) is 46.6 Å². The lowest BCUT2D eigenvalue weighted by Gasteiger charge is -2.20. The SMILES string of the molecule is CCN(CC)CCCC(C)Nc1cccc(C)n1. The normalized spacial score (nSPS) is 12.7. The molecule has 1 aromatic rings. The number of aromatic nitrogens is 1. The molecule has 102 valence electrons. The molecular formula is C15H27N3. The third-order valence-corrected chi connectivity index (χ3v) is 3.29. The highest BCUT2D eigenvalue weighted by molar-refractivity contribution is 5.35. The zero-order valence-corrected chi connectivity index (χ0v) is 12.2. The summed E-state index contributed by atoms with van der Waals surface area (Å²) < 4.78 is 0. The van der Waals surface area contributed by atoms with Crippen molar-refractivity contribution < 1.29 is 0 Å². The quantitative estimate of drug-likeness (QED) is 0.766. The Kier molecular flexibility index (Phi) is 6.73. The lowest BCUT2D eigenvalue weighted by Crippen LogP contribution is -2.25. The van der Waals surface area contributed by atoms with E-state index in [0.29, 0.717) is 6.04 Å². The van der Waals surface area contributed by atoms with Crippen molar-refractivity contribution in [2.24, 2.45) is 0 Å². The standard InChI is InChI=1S/C15H27N3/c1-5-18(6-2)12-8-10-14(4)17-15-11-7-9-13(3)16-15/h7,9,11,14H,5-6,8,10,12H2,1-4H3,(H,16,17). The van der Waals surface area contributed by atoms with Crippen LogP contribution in [0.1, 0.15) is 39.3 Å². The summed E-state index contributed by atoms with van der Waals surface area (Å²) in [5.74, 6) is 0.991.